The van der Waals surface area contributed by atoms with Crippen molar-refractivity contribution in [2.75, 3.05) is 32.8 Å². The van der Waals surface area contributed by atoms with E-state index in [9.17, 15) is 4.79 Å². The highest BCUT2D eigenvalue weighted by molar-refractivity contribution is 5.81. The van der Waals surface area contributed by atoms with Crippen molar-refractivity contribution in [2.24, 2.45) is 11.7 Å². The minimum atomic E-state index is -0.756. The Morgan fingerprint density at radius 2 is 2.35 bits per heavy atom. The van der Waals surface area contributed by atoms with Gasteiger partial charge in [-0.05, 0) is 45.6 Å². The van der Waals surface area contributed by atoms with E-state index < -0.39 is 5.54 Å². The van der Waals surface area contributed by atoms with E-state index in [2.05, 4.69) is 11.8 Å². The van der Waals surface area contributed by atoms with Crippen molar-refractivity contribution in [2.45, 2.75) is 51.2 Å². The zero-order valence-electron chi connectivity index (χ0n) is 12.8. The fourth-order valence-corrected chi connectivity index (χ4v) is 3.47. The van der Waals surface area contributed by atoms with Crippen LogP contribution in [-0.4, -0.2) is 55.4 Å². The number of ether oxygens (including phenoxy) is 2. The van der Waals surface area contributed by atoms with E-state index in [0.717, 1.165) is 51.9 Å². The van der Waals surface area contributed by atoms with Gasteiger partial charge in [0.15, 0.2) is 0 Å². The molecule has 0 bridgehead atoms. The van der Waals surface area contributed by atoms with Crippen LogP contribution in [0.25, 0.3) is 0 Å². The molecule has 3 unspecified atom stereocenters. The highest BCUT2D eigenvalue weighted by Gasteiger charge is 2.46. The Balaban J connectivity index is 1.86. The molecule has 2 N–H and O–H groups in total. The standard InChI is InChI=1S/C15H28N2O3/c1-3-19-14(18)15(16)7-4-5-13(15)6-8-17-9-10-20-12(2)11-17/h12-13H,3-11,16H2,1-2H3. The van der Waals surface area contributed by atoms with Crippen LogP contribution in [0.3, 0.4) is 0 Å². The number of esters is 1. The lowest BCUT2D eigenvalue weighted by molar-refractivity contribution is -0.151. The van der Waals surface area contributed by atoms with E-state index in [1.807, 2.05) is 6.92 Å². The van der Waals surface area contributed by atoms with Crippen molar-refractivity contribution in [1.82, 2.24) is 4.90 Å². The molecule has 1 aliphatic heterocycles. The normalized spacial score (nSPS) is 35.1. The zero-order chi connectivity index (χ0) is 14.6. The van der Waals surface area contributed by atoms with Crippen LogP contribution in [0.5, 0.6) is 0 Å². The van der Waals surface area contributed by atoms with E-state index in [0.29, 0.717) is 12.7 Å². The van der Waals surface area contributed by atoms with Crippen molar-refractivity contribution in [3.63, 3.8) is 0 Å². The van der Waals surface area contributed by atoms with Crippen LogP contribution in [0.1, 0.15) is 39.5 Å². The maximum atomic E-state index is 12.1. The Labute approximate surface area is 121 Å². The third-order valence-corrected chi connectivity index (χ3v) is 4.65. The average molecular weight is 284 g/mol. The Hall–Kier alpha value is -0.650. The smallest absolute Gasteiger partial charge is 0.326 e. The second-order valence-electron chi connectivity index (χ2n) is 6.12. The Morgan fingerprint density at radius 1 is 1.55 bits per heavy atom. The number of morpholine rings is 1. The van der Waals surface area contributed by atoms with Crippen molar-refractivity contribution in [1.29, 1.82) is 0 Å². The molecular weight excluding hydrogens is 256 g/mol. The molecule has 2 rings (SSSR count). The van der Waals surface area contributed by atoms with Gasteiger partial charge in [-0.15, -0.1) is 0 Å². The van der Waals surface area contributed by atoms with Crippen LogP contribution in [0, 0.1) is 5.92 Å². The molecular formula is C15H28N2O3. The summed E-state index contributed by atoms with van der Waals surface area (Å²) in [7, 11) is 0. The lowest BCUT2D eigenvalue weighted by Gasteiger charge is -2.34. The largest absolute Gasteiger partial charge is 0.465 e. The van der Waals surface area contributed by atoms with Gasteiger partial charge in [0.2, 0.25) is 0 Å². The van der Waals surface area contributed by atoms with Gasteiger partial charge in [0, 0.05) is 13.1 Å². The molecule has 2 aliphatic rings. The Kier molecular flexibility index (Phi) is 5.41. The number of hydrogen-bond donors (Lipinski definition) is 1. The van der Waals surface area contributed by atoms with Gasteiger partial charge < -0.3 is 15.2 Å². The molecule has 0 aromatic carbocycles. The zero-order valence-corrected chi connectivity index (χ0v) is 12.8. The molecule has 1 saturated carbocycles. The minimum absolute atomic E-state index is 0.210. The third kappa shape index (κ3) is 3.51. The van der Waals surface area contributed by atoms with Gasteiger partial charge in [-0.3, -0.25) is 9.69 Å². The second kappa shape index (κ2) is 6.87. The number of nitrogens with zero attached hydrogens (tertiary/aromatic N) is 1. The fraction of sp³-hybridized carbons (Fsp3) is 0.933. The maximum absolute atomic E-state index is 12.1. The van der Waals surface area contributed by atoms with Crippen molar-refractivity contribution >= 4 is 5.97 Å². The second-order valence-corrected chi connectivity index (χ2v) is 6.12. The molecule has 3 atom stereocenters. The minimum Gasteiger partial charge on any atom is -0.465 e. The van der Waals surface area contributed by atoms with E-state index >= 15 is 0 Å². The first-order valence-electron chi connectivity index (χ1n) is 7.86. The predicted octanol–water partition coefficient (Wildman–Crippen LogP) is 1.16. The van der Waals surface area contributed by atoms with Gasteiger partial charge >= 0.3 is 5.97 Å². The molecule has 116 valence electrons. The molecule has 0 aromatic rings. The molecule has 20 heavy (non-hydrogen) atoms. The molecule has 1 heterocycles. The van der Waals surface area contributed by atoms with E-state index in [1.165, 1.54) is 0 Å². The number of rotatable bonds is 5. The summed E-state index contributed by atoms with van der Waals surface area (Å²) < 4.78 is 10.7. The van der Waals surface area contributed by atoms with Crippen LogP contribution in [0.2, 0.25) is 0 Å². The third-order valence-electron chi connectivity index (χ3n) is 4.65. The van der Waals surface area contributed by atoms with Crippen LogP contribution < -0.4 is 5.73 Å². The van der Waals surface area contributed by atoms with Crippen molar-refractivity contribution in [3.05, 3.63) is 0 Å². The van der Waals surface area contributed by atoms with E-state index in [4.69, 9.17) is 15.2 Å². The van der Waals surface area contributed by atoms with Crippen molar-refractivity contribution < 1.29 is 14.3 Å². The van der Waals surface area contributed by atoms with E-state index in [1.54, 1.807) is 0 Å². The van der Waals surface area contributed by atoms with Gasteiger partial charge in [0.25, 0.3) is 0 Å². The number of carbonyl (C=O) groups excluding carboxylic acids is 1. The molecule has 0 spiro atoms. The average Bonchev–Trinajstić information content (AvgIpc) is 2.79. The summed E-state index contributed by atoms with van der Waals surface area (Å²) in [4.78, 5) is 14.5. The first-order chi connectivity index (χ1) is 9.56. The molecule has 0 amide bonds. The molecule has 5 nitrogen and oxygen atoms in total. The van der Waals surface area contributed by atoms with Crippen LogP contribution in [-0.2, 0) is 14.3 Å². The Bertz CT molecular complexity index is 337. The monoisotopic (exact) mass is 284 g/mol. The number of nitrogens with two attached hydrogens (primary N) is 1. The number of hydrogen-bond acceptors (Lipinski definition) is 5. The summed E-state index contributed by atoms with van der Waals surface area (Å²) in [5.41, 5.74) is 5.60. The first kappa shape index (κ1) is 15.7. The lowest BCUT2D eigenvalue weighted by atomic mass is 9.85. The summed E-state index contributed by atoms with van der Waals surface area (Å²) in [6, 6.07) is 0. The van der Waals surface area contributed by atoms with Gasteiger partial charge in [-0.2, -0.15) is 0 Å². The van der Waals surface area contributed by atoms with Crippen LogP contribution in [0.15, 0.2) is 0 Å². The summed E-state index contributed by atoms with van der Waals surface area (Å²) in [6.45, 7) is 8.10. The van der Waals surface area contributed by atoms with Gasteiger partial charge in [-0.1, -0.05) is 6.42 Å². The fourth-order valence-electron chi connectivity index (χ4n) is 3.47. The summed E-state index contributed by atoms with van der Waals surface area (Å²) in [6.07, 6.45) is 4.10. The summed E-state index contributed by atoms with van der Waals surface area (Å²) in [5, 5.41) is 0. The predicted molar refractivity (Wildman–Crippen MR) is 77.4 cm³/mol. The molecule has 1 saturated heterocycles. The van der Waals surface area contributed by atoms with Gasteiger partial charge in [0.05, 0.1) is 19.3 Å². The quantitative estimate of drug-likeness (QED) is 0.767. The number of carbonyl (C=O) groups is 1. The first-order valence-corrected chi connectivity index (χ1v) is 7.86. The molecule has 1 aliphatic carbocycles. The molecule has 5 heteroatoms. The highest BCUT2D eigenvalue weighted by atomic mass is 16.5. The summed E-state index contributed by atoms with van der Waals surface area (Å²) >= 11 is 0. The van der Waals surface area contributed by atoms with E-state index in [-0.39, 0.29) is 11.9 Å². The molecule has 0 radical (unpaired) electrons. The van der Waals surface area contributed by atoms with Crippen molar-refractivity contribution in [3.8, 4) is 0 Å². The van der Waals surface area contributed by atoms with Gasteiger partial charge in [-0.25, -0.2) is 0 Å². The maximum Gasteiger partial charge on any atom is 0.326 e. The molecule has 0 aromatic heterocycles. The van der Waals surface area contributed by atoms with Crippen LogP contribution in [0.4, 0.5) is 0 Å². The Morgan fingerprint density at radius 3 is 3.05 bits per heavy atom. The SMILES string of the molecule is CCOC(=O)C1(N)CCCC1CCN1CCOC(C)C1. The molecule has 2 fully saturated rings. The highest BCUT2D eigenvalue weighted by Crippen LogP contribution is 2.37. The lowest BCUT2D eigenvalue weighted by Crippen LogP contribution is -2.53. The topological polar surface area (TPSA) is 64.8 Å². The van der Waals surface area contributed by atoms with Crippen LogP contribution >= 0.6 is 0 Å². The van der Waals surface area contributed by atoms with Gasteiger partial charge in [0.1, 0.15) is 5.54 Å². The summed E-state index contributed by atoms with van der Waals surface area (Å²) in [5.74, 6) is 0.0394.